The molecule has 0 radical (unpaired) electrons. The standard InChI is InChI=1S/C14H19ClN2O.ClH/c1-16-8-2-3-14(18)17-13-7-4-10-9-11(15)5-6-12(10)13;/h5-6,9,13,16H,2-4,7-8H2,1H3,(H,17,18);1H. The van der Waals surface area contributed by atoms with Crippen molar-refractivity contribution in [2.24, 2.45) is 0 Å². The monoisotopic (exact) mass is 302 g/mol. The van der Waals surface area contributed by atoms with Gasteiger partial charge in [-0.15, -0.1) is 12.4 Å². The molecule has 2 rings (SSSR count). The Kier molecular flexibility index (Phi) is 6.63. The summed E-state index contributed by atoms with van der Waals surface area (Å²) in [7, 11) is 1.90. The second-order valence-corrected chi connectivity index (χ2v) is 5.15. The van der Waals surface area contributed by atoms with E-state index in [4.69, 9.17) is 11.6 Å². The quantitative estimate of drug-likeness (QED) is 0.821. The van der Waals surface area contributed by atoms with Crippen LogP contribution in [0.25, 0.3) is 0 Å². The molecule has 0 bridgehead atoms. The number of benzene rings is 1. The summed E-state index contributed by atoms with van der Waals surface area (Å²) in [4.78, 5) is 11.8. The molecule has 19 heavy (non-hydrogen) atoms. The first-order valence-electron chi connectivity index (χ1n) is 6.43. The molecule has 0 aromatic heterocycles. The van der Waals surface area contributed by atoms with Gasteiger partial charge in [0, 0.05) is 11.4 Å². The second kappa shape index (κ2) is 7.73. The van der Waals surface area contributed by atoms with Gasteiger partial charge in [0.15, 0.2) is 0 Å². The Morgan fingerprint density at radius 3 is 3.00 bits per heavy atom. The van der Waals surface area contributed by atoms with Gasteiger partial charge in [0.2, 0.25) is 5.91 Å². The molecule has 0 fully saturated rings. The lowest BCUT2D eigenvalue weighted by Crippen LogP contribution is -2.27. The summed E-state index contributed by atoms with van der Waals surface area (Å²) in [6.45, 7) is 0.879. The van der Waals surface area contributed by atoms with E-state index in [2.05, 4.69) is 10.6 Å². The molecule has 3 nitrogen and oxygen atoms in total. The SMILES string of the molecule is CNCCCC(=O)NC1CCc2cc(Cl)ccc21.Cl. The van der Waals surface area contributed by atoms with Crippen LogP contribution in [0.2, 0.25) is 5.02 Å². The number of carbonyl (C=O) groups is 1. The zero-order valence-electron chi connectivity index (χ0n) is 11.0. The van der Waals surface area contributed by atoms with Gasteiger partial charge in [0.1, 0.15) is 0 Å². The van der Waals surface area contributed by atoms with Crippen LogP contribution >= 0.6 is 24.0 Å². The lowest BCUT2D eigenvalue weighted by atomic mass is 10.1. The highest BCUT2D eigenvalue weighted by atomic mass is 35.5. The minimum Gasteiger partial charge on any atom is -0.349 e. The number of hydrogen-bond donors (Lipinski definition) is 2. The highest BCUT2D eigenvalue weighted by Crippen LogP contribution is 2.32. The van der Waals surface area contributed by atoms with Crippen LogP contribution < -0.4 is 10.6 Å². The van der Waals surface area contributed by atoms with Crippen LogP contribution in [-0.4, -0.2) is 19.5 Å². The molecule has 1 atom stereocenters. The average molecular weight is 303 g/mol. The summed E-state index contributed by atoms with van der Waals surface area (Å²) in [6.07, 6.45) is 3.44. The van der Waals surface area contributed by atoms with Crippen LogP contribution in [0.5, 0.6) is 0 Å². The fourth-order valence-electron chi connectivity index (χ4n) is 2.43. The Morgan fingerprint density at radius 1 is 1.47 bits per heavy atom. The van der Waals surface area contributed by atoms with Crippen LogP contribution in [0.15, 0.2) is 18.2 Å². The summed E-state index contributed by atoms with van der Waals surface area (Å²) in [6, 6.07) is 6.10. The smallest absolute Gasteiger partial charge is 0.220 e. The van der Waals surface area contributed by atoms with Gasteiger partial charge < -0.3 is 10.6 Å². The summed E-state index contributed by atoms with van der Waals surface area (Å²) < 4.78 is 0. The predicted octanol–water partition coefficient (Wildman–Crippen LogP) is 2.86. The van der Waals surface area contributed by atoms with Crippen LogP contribution in [0, 0.1) is 0 Å². The van der Waals surface area contributed by atoms with E-state index >= 15 is 0 Å². The van der Waals surface area contributed by atoms with E-state index in [1.165, 1.54) is 11.1 Å². The maximum absolute atomic E-state index is 11.8. The first kappa shape index (κ1) is 16.3. The number of amides is 1. The highest BCUT2D eigenvalue weighted by molar-refractivity contribution is 6.30. The van der Waals surface area contributed by atoms with Gasteiger partial charge in [0.25, 0.3) is 0 Å². The van der Waals surface area contributed by atoms with Crippen molar-refractivity contribution in [3.05, 3.63) is 34.3 Å². The molecule has 1 aromatic carbocycles. The van der Waals surface area contributed by atoms with Gasteiger partial charge in [-0.05, 0) is 56.1 Å². The molecule has 1 aliphatic rings. The van der Waals surface area contributed by atoms with Gasteiger partial charge in [-0.1, -0.05) is 17.7 Å². The average Bonchev–Trinajstić information content (AvgIpc) is 2.72. The maximum Gasteiger partial charge on any atom is 0.220 e. The third-order valence-corrected chi connectivity index (χ3v) is 3.58. The number of nitrogens with one attached hydrogen (secondary N) is 2. The molecule has 5 heteroatoms. The summed E-state index contributed by atoms with van der Waals surface area (Å²) >= 11 is 5.97. The van der Waals surface area contributed by atoms with Crippen molar-refractivity contribution in [1.82, 2.24) is 10.6 Å². The van der Waals surface area contributed by atoms with E-state index in [0.717, 1.165) is 30.8 Å². The Balaban J connectivity index is 0.00000180. The molecule has 106 valence electrons. The van der Waals surface area contributed by atoms with Crippen molar-refractivity contribution in [3.63, 3.8) is 0 Å². The molecule has 2 N–H and O–H groups in total. The van der Waals surface area contributed by atoms with Crippen LogP contribution in [-0.2, 0) is 11.2 Å². The zero-order valence-corrected chi connectivity index (χ0v) is 12.6. The third kappa shape index (κ3) is 4.37. The van der Waals surface area contributed by atoms with Crippen molar-refractivity contribution in [2.75, 3.05) is 13.6 Å². The first-order valence-corrected chi connectivity index (χ1v) is 6.81. The molecule has 1 aliphatic carbocycles. The minimum atomic E-state index is 0. The van der Waals surface area contributed by atoms with Crippen LogP contribution in [0.4, 0.5) is 0 Å². The summed E-state index contributed by atoms with van der Waals surface area (Å²) in [5.41, 5.74) is 2.49. The summed E-state index contributed by atoms with van der Waals surface area (Å²) in [5, 5.41) is 6.92. The largest absolute Gasteiger partial charge is 0.349 e. The van der Waals surface area contributed by atoms with Crippen molar-refractivity contribution < 1.29 is 4.79 Å². The van der Waals surface area contributed by atoms with E-state index in [1.807, 2.05) is 25.2 Å². The molecular weight excluding hydrogens is 283 g/mol. The van der Waals surface area contributed by atoms with Gasteiger partial charge in [0.05, 0.1) is 6.04 Å². The molecule has 0 aliphatic heterocycles. The number of rotatable bonds is 5. The minimum absolute atomic E-state index is 0. The van der Waals surface area contributed by atoms with Crippen LogP contribution in [0.3, 0.4) is 0 Å². The predicted molar refractivity (Wildman–Crippen MR) is 81.1 cm³/mol. The topological polar surface area (TPSA) is 41.1 Å². The number of halogens is 2. The molecule has 0 heterocycles. The molecular formula is C14H20Cl2N2O. The summed E-state index contributed by atoms with van der Waals surface area (Å²) in [5.74, 6) is 0.137. The number of fused-ring (bicyclic) bond motifs is 1. The van der Waals surface area contributed by atoms with Gasteiger partial charge in [-0.2, -0.15) is 0 Å². The van der Waals surface area contributed by atoms with E-state index in [0.29, 0.717) is 6.42 Å². The number of carbonyl (C=O) groups excluding carboxylic acids is 1. The maximum atomic E-state index is 11.8. The molecule has 0 saturated heterocycles. The Morgan fingerprint density at radius 2 is 2.26 bits per heavy atom. The fraction of sp³-hybridized carbons (Fsp3) is 0.500. The second-order valence-electron chi connectivity index (χ2n) is 4.71. The zero-order chi connectivity index (χ0) is 13.0. The molecule has 0 saturated carbocycles. The molecule has 0 spiro atoms. The normalized spacial score (nSPS) is 16.6. The first-order chi connectivity index (χ1) is 8.70. The van der Waals surface area contributed by atoms with E-state index < -0.39 is 0 Å². The lowest BCUT2D eigenvalue weighted by Gasteiger charge is -2.14. The Labute approximate surface area is 125 Å². The van der Waals surface area contributed by atoms with E-state index in [9.17, 15) is 4.79 Å². The highest BCUT2D eigenvalue weighted by Gasteiger charge is 2.23. The van der Waals surface area contributed by atoms with Gasteiger partial charge in [-0.3, -0.25) is 4.79 Å². The van der Waals surface area contributed by atoms with Gasteiger partial charge in [-0.25, -0.2) is 0 Å². The fourth-order valence-corrected chi connectivity index (χ4v) is 2.62. The Hall–Kier alpha value is -0.770. The van der Waals surface area contributed by atoms with Crippen molar-refractivity contribution in [3.8, 4) is 0 Å². The van der Waals surface area contributed by atoms with E-state index in [-0.39, 0.29) is 24.4 Å². The molecule has 1 amide bonds. The van der Waals surface area contributed by atoms with Crippen LogP contribution in [0.1, 0.15) is 36.4 Å². The van der Waals surface area contributed by atoms with Gasteiger partial charge >= 0.3 is 0 Å². The molecule has 1 aromatic rings. The Bertz CT molecular complexity index is 437. The van der Waals surface area contributed by atoms with E-state index in [1.54, 1.807) is 0 Å². The van der Waals surface area contributed by atoms with Crippen molar-refractivity contribution in [1.29, 1.82) is 0 Å². The molecule has 1 unspecified atom stereocenters. The van der Waals surface area contributed by atoms with Crippen molar-refractivity contribution >= 4 is 29.9 Å². The lowest BCUT2D eigenvalue weighted by molar-refractivity contribution is -0.121. The van der Waals surface area contributed by atoms with Crippen molar-refractivity contribution in [2.45, 2.75) is 31.7 Å². The third-order valence-electron chi connectivity index (χ3n) is 3.35. The number of aryl methyl sites for hydroxylation is 1. The number of hydrogen-bond acceptors (Lipinski definition) is 2.